The molecule has 16 heavy (non-hydrogen) atoms. The number of benzene rings is 1. The molecule has 5 nitrogen and oxygen atoms in total. The molecule has 1 aromatic carbocycles. The van der Waals surface area contributed by atoms with Crippen molar-refractivity contribution in [2.24, 2.45) is 0 Å². The number of hydrogen-bond acceptors (Lipinski definition) is 3. The van der Waals surface area contributed by atoms with E-state index in [0.717, 1.165) is 0 Å². The van der Waals surface area contributed by atoms with Crippen molar-refractivity contribution in [2.45, 2.75) is 6.92 Å². The van der Waals surface area contributed by atoms with Crippen molar-refractivity contribution in [1.29, 1.82) is 0 Å². The maximum absolute atomic E-state index is 11.2. The van der Waals surface area contributed by atoms with Crippen LogP contribution in [0, 0.1) is 0 Å². The first kappa shape index (κ1) is 15.4. The van der Waals surface area contributed by atoms with Crippen molar-refractivity contribution in [3.05, 3.63) is 29.8 Å². The van der Waals surface area contributed by atoms with Crippen LogP contribution in [0.4, 0.5) is 5.69 Å². The monoisotopic (exact) mass is 253 g/mol. The molecular weight excluding hydrogens is 241 g/mol. The fourth-order valence-electron chi connectivity index (χ4n) is 0.933. The van der Waals surface area contributed by atoms with Gasteiger partial charge < -0.3 is 5.11 Å². The summed E-state index contributed by atoms with van der Waals surface area (Å²) in [5.74, 6) is -1.06. The van der Waals surface area contributed by atoms with E-state index < -0.39 is 16.0 Å². The van der Waals surface area contributed by atoms with Crippen LogP contribution >= 0.6 is 0 Å². The molecule has 0 saturated heterocycles. The van der Waals surface area contributed by atoms with Gasteiger partial charge >= 0.3 is 35.5 Å². The van der Waals surface area contributed by atoms with Crippen molar-refractivity contribution in [2.75, 3.05) is 10.5 Å². The zero-order chi connectivity index (χ0) is 11.5. The molecule has 0 aromatic heterocycles. The Kier molecular flexibility index (Phi) is 6.02. The van der Waals surface area contributed by atoms with E-state index in [1.807, 2.05) is 0 Å². The number of rotatable bonds is 4. The van der Waals surface area contributed by atoms with Gasteiger partial charge in [-0.1, -0.05) is 0 Å². The number of hydrogen-bond donors (Lipinski definition) is 2. The third-order valence-electron chi connectivity index (χ3n) is 1.79. The van der Waals surface area contributed by atoms with Gasteiger partial charge in [-0.2, -0.15) is 0 Å². The number of carbonyl (C=O) groups is 1. The second-order valence-electron chi connectivity index (χ2n) is 2.89. The number of aromatic carboxylic acids is 1. The average Bonchev–Trinajstić information content (AvgIpc) is 2.18. The van der Waals surface area contributed by atoms with Gasteiger partial charge in [0.2, 0.25) is 10.0 Å². The number of nitrogens with one attached hydrogen (secondary N) is 1. The second kappa shape index (κ2) is 6.24. The van der Waals surface area contributed by atoms with E-state index in [1.54, 1.807) is 0 Å². The molecule has 0 atom stereocenters. The van der Waals surface area contributed by atoms with Crippen molar-refractivity contribution >= 4 is 51.2 Å². The Hall–Kier alpha value is -0.560. The molecule has 1 rings (SSSR count). The molecule has 0 spiro atoms. The maximum atomic E-state index is 11.2. The molecule has 0 heterocycles. The summed E-state index contributed by atoms with van der Waals surface area (Å²) >= 11 is 0. The molecule has 0 unspecified atom stereocenters. The zero-order valence-corrected chi connectivity index (χ0v) is 8.91. The Balaban J connectivity index is 0.00000225. The van der Waals surface area contributed by atoms with E-state index in [0.29, 0.717) is 5.69 Å². The van der Waals surface area contributed by atoms with E-state index >= 15 is 0 Å². The van der Waals surface area contributed by atoms with Crippen LogP contribution in [0.1, 0.15) is 17.3 Å². The van der Waals surface area contributed by atoms with Crippen molar-refractivity contribution in [3.63, 3.8) is 0 Å². The third kappa shape index (κ3) is 4.52. The van der Waals surface area contributed by atoms with E-state index in [-0.39, 0.29) is 40.9 Å². The Morgan fingerprint density at radius 1 is 1.31 bits per heavy atom. The number of carboxylic acid groups (broad SMARTS) is 1. The van der Waals surface area contributed by atoms with Gasteiger partial charge in [-0.15, -0.1) is 0 Å². The van der Waals surface area contributed by atoms with Crippen LogP contribution < -0.4 is 4.72 Å². The SMILES string of the molecule is CCS(=O)(=O)Nc1ccc(C(=O)O)cc1.[NaH]. The standard InChI is InChI=1S/C9H11NO4S.Na.H/c1-2-15(13,14)10-8-5-3-7(4-6-8)9(11)12;;/h3-6,10H,2H2,1H3,(H,11,12);;. The molecule has 0 aliphatic rings. The molecular formula is C9H12NNaO4S. The van der Waals surface area contributed by atoms with Crippen LogP contribution in [0.5, 0.6) is 0 Å². The predicted molar refractivity (Wildman–Crippen MR) is 63.6 cm³/mol. The molecule has 0 fully saturated rings. The Bertz CT molecular complexity index is 455. The topological polar surface area (TPSA) is 83.5 Å². The van der Waals surface area contributed by atoms with Crippen LogP contribution in [0.15, 0.2) is 24.3 Å². The predicted octanol–water partition coefficient (Wildman–Crippen LogP) is 0.498. The van der Waals surface area contributed by atoms with Gasteiger partial charge in [-0.25, -0.2) is 13.2 Å². The van der Waals surface area contributed by atoms with Crippen molar-refractivity contribution in [3.8, 4) is 0 Å². The van der Waals surface area contributed by atoms with Gasteiger partial charge in [0, 0.05) is 5.69 Å². The Morgan fingerprint density at radius 2 is 1.81 bits per heavy atom. The Labute approximate surface area is 116 Å². The van der Waals surface area contributed by atoms with Crippen LogP contribution in [0.2, 0.25) is 0 Å². The molecule has 84 valence electrons. The first-order valence-corrected chi connectivity index (χ1v) is 5.93. The van der Waals surface area contributed by atoms with Crippen molar-refractivity contribution in [1.82, 2.24) is 0 Å². The third-order valence-corrected chi connectivity index (χ3v) is 3.09. The number of sulfonamides is 1. The Morgan fingerprint density at radius 3 is 2.19 bits per heavy atom. The summed E-state index contributed by atoms with van der Waals surface area (Å²) in [6.45, 7) is 1.52. The van der Waals surface area contributed by atoms with Gasteiger partial charge in [0.15, 0.2) is 0 Å². The summed E-state index contributed by atoms with van der Waals surface area (Å²) in [6.07, 6.45) is 0. The van der Waals surface area contributed by atoms with E-state index in [1.165, 1.54) is 31.2 Å². The molecule has 1 aromatic rings. The summed E-state index contributed by atoms with van der Waals surface area (Å²) in [7, 11) is -3.30. The van der Waals surface area contributed by atoms with Gasteiger partial charge in [0.05, 0.1) is 11.3 Å². The molecule has 7 heteroatoms. The average molecular weight is 253 g/mol. The van der Waals surface area contributed by atoms with Gasteiger partial charge in [-0.3, -0.25) is 4.72 Å². The zero-order valence-electron chi connectivity index (χ0n) is 8.10. The van der Waals surface area contributed by atoms with Crippen LogP contribution in [-0.2, 0) is 10.0 Å². The molecule has 0 aliphatic heterocycles. The van der Waals surface area contributed by atoms with E-state index in [4.69, 9.17) is 5.11 Å². The second-order valence-corrected chi connectivity index (χ2v) is 4.90. The van der Waals surface area contributed by atoms with Crippen LogP contribution in [0.25, 0.3) is 0 Å². The van der Waals surface area contributed by atoms with Crippen molar-refractivity contribution < 1.29 is 18.3 Å². The molecule has 0 radical (unpaired) electrons. The minimum absolute atomic E-state index is 0. The summed E-state index contributed by atoms with van der Waals surface area (Å²) in [5.41, 5.74) is 0.483. The minimum atomic E-state index is -3.30. The molecule has 0 saturated carbocycles. The van der Waals surface area contributed by atoms with Crippen LogP contribution in [0.3, 0.4) is 0 Å². The van der Waals surface area contributed by atoms with E-state index in [2.05, 4.69) is 4.72 Å². The number of carboxylic acids is 1. The fraction of sp³-hybridized carbons (Fsp3) is 0.222. The van der Waals surface area contributed by atoms with Crippen LogP contribution in [-0.4, -0.2) is 54.8 Å². The molecule has 0 amide bonds. The molecule has 0 bridgehead atoms. The quantitative estimate of drug-likeness (QED) is 0.765. The molecule has 2 N–H and O–H groups in total. The first-order valence-electron chi connectivity index (χ1n) is 4.28. The summed E-state index contributed by atoms with van der Waals surface area (Å²) in [6, 6.07) is 5.51. The van der Waals surface area contributed by atoms with Gasteiger partial charge in [0.25, 0.3) is 0 Å². The van der Waals surface area contributed by atoms with E-state index in [9.17, 15) is 13.2 Å². The first-order chi connectivity index (χ1) is 6.94. The summed E-state index contributed by atoms with van der Waals surface area (Å²) < 4.78 is 24.6. The number of anilines is 1. The summed E-state index contributed by atoms with van der Waals surface area (Å²) in [4.78, 5) is 10.5. The summed E-state index contributed by atoms with van der Waals surface area (Å²) in [5, 5.41) is 8.62. The van der Waals surface area contributed by atoms with Gasteiger partial charge in [0.1, 0.15) is 0 Å². The van der Waals surface area contributed by atoms with Gasteiger partial charge in [-0.05, 0) is 31.2 Å². The molecule has 0 aliphatic carbocycles. The normalized spacial score (nSPS) is 10.3. The fourth-order valence-corrected chi connectivity index (χ4v) is 1.57.